The minimum Gasteiger partial charge on any atom is -0.481 e. The quantitative estimate of drug-likeness (QED) is 0.276. The lowest BCUT2D eigenvalue weighted by atomic mass is 10.1. The summed E-state index contributed by atoms with van der Waals surface area (Å²) in [5.74, 6) is -2.51. The van der Waals surface area contributed by atoms with Crippen molar-refractivity contribution < 1.29 is 29.1 Å². The van der Waals surface area contributed by atoms with Gasteiger partial charge in [0.05, 0.1) is 23.2 Å². The molecule has 1 aromatic carbocycles. The molecule has 0 radical (unpaired) electrons. The fraction of sp³-hybridized carbons (Fsp3) is 0.450. The van der Waals surface area contributed by atoms with E-state index in [1.807, 2.05) is 0 Å². The van der Waals surface area contributed by atoms with Crippen molar-refractivity contribution in [1.29, 1.82) is 0 Å². The van der Waals surface area contributed by atoms with E-state index in [1.165, 1.54) is 34.9 Å². The first kappa shape index (κ1) is 25.5. The molecule has 3 atom stereocenters. The molecule has 0 spiro atoms. The minimum absolute atomic E-state index is 0.216. The van der Waals surface area contributed by atoms with E-state index >= 15 is 0 Å². The van der Waals surface area contributed by atoms with Gasteiger partial charge in [-0.25, -0.2) is 0 Å². The van der Waals surface area contributed by atoms with Crippen LogP contribution in [0.3, 0.4) is 0 Å². The number of nitrogens with two attached hydrogens (primary N) is 1. The van der Waals surface area contributed by atoms with Gasteiger partial charge in [-0.15, -0.1) is 0 Å². The summed E-state index contributed by atoms with van der Waals surface area (Å²) in [7, 11) is 0. The number of benzene rings is 1. The zero-order valence-corrected chi connectivity index (χ0v) is 18.9. The normalized spacial score (nSPS) is 17.3. The predicted molar refractivity (Wildman–Crippen MR) is 120 cm³/mol. The topological polar surface area (TPSA) is 159 Å². The number of carbonyl (C=O) groups excluding carboxylic acids is 4. The smallest absolute Gasteiger partial charge is 0.305 e. The molecule has 1 heterocycles. The van der Waals surface area contributed by atoms with Crippen LogP contribution < -0.4 is 16.4 Å². The fourth-order valence-electron chi connectivity index (χ4n) is 3.35. The van der Waals surface area contributed by atoms with Gasteiger partial charge in [0.15, 0.2) is 0 Å². The van der Waals surface area contributed by atoms with Crippen molar-refractivity contribution in [1.82, 2.24) is 15.5 Å². The molecule has 0 aliphatic carbocycles. The number of nitrogen functional groups attached to an aromatic ring is 1. The molecule has 0 bridgehead atoms. The number of hydrogen-bond donors (Lipinski definition) is 4. The molecule has 1 aliphatic rings. The van der Waals surface area contributed by atoms with E-state index in [9.17, 15) is 24.0 Å². The Balaban J connectivity index is 2.12. The Labute approximate surface area is 194 Å². The molecule has 32 heavy (non-hydrogen) atoms. The van der Waals surface area contributed by atoms with Gasteiger partial charge in [-0.2, -0.15) is 11.8 Å². The third-order valence-corrected chi connectivity index (χ3v) is 5.92. The summed E-state index contributed by atoms with van der Waals surface area (Å²) in [6.45, 7) is 0.302. The lowest BCUT2D eigenvalue weighted by Gasteiger charge is -2.29. The van der Waals surface area contributed by atoms with Crippen LogP contribution in [0, 0.1) is 0 Å². The second-order valence-corrected chi connectivity index (χ2v) is 8.57. The molecule has 0 unspecified atom stereocenters. The maximum atomic E-state index is 13.2. The van der Waals surface area contributed by atoms with Gasteiger partial charge in [0.1, 0.15) is 18.4 Å². The lowest BCUT2D eigenvalue weighted by Crippen LogP contribution is -2.55. The number of thioether (sulfide) groups is 1. The van der Waals surface area contributed by atoms with Gasteiger partial charge in [-0.05, 0) is 37.3 Å². The zero-order valence-electron chi connectivity index (χ0n) is 17.4. The van der Waals surface area contributed by atoms with Crippen molar-refractivity contribution in [3.8, 4) is 0 Å². The molecule has 1 saturated heterocycles. The van der Waals surface area contributed by atoms with Gasteiger partial charge in [-0.3, -0.25) is 19.2 Å². The van der Waals surface area contributed by atoms with Crippen molar-refractivity contribution in [2.75, 3.05) is 24.3 Å². The van der Waals surface area contributed by atoms with Crippen LogP contribution in [-0.2, 0) is 19.2 Å². The standard InChI is InChI=1S/C20H25ClN4O6S/c1-32-10-15(24-18(29)11-4-5-14(22)13(21)7-11)20(31)25-6-2-3-16(25)19(30)23-12(9-26)8-17(27)28/h4-5,7,9,12,15-16H,2-3,6,8,10,22H2,1H3,(H,23,30)(H,24,29)(H,27,28)/t12-,15-,16-/m0/s1. The number of carboxylic acids is 1. The Morgan fingerprint density at radius 1 is 1.34 bits per heavy atom. The Hall–Kier alpha value is -2.79. The van der Waals surface area contributed by atoms with Crippen LogP contribution >= 0.6 is 23.4 Å². The van der Waals surface area contributed by atoms with Crippen molar-refractivity contribution >= 4 is 59.0 Å². The number of aliphatic carboxylic acids is 1. The summed E-state index contributed by atoms with van der Waals surface area (Å²) in [6.07, 6.45) is 2.50. The van der Waals surface area contributed by atoms with Crippen LogP contribution in [0.15, 0.2) is 18.2 Å². The highest BCUT2D eigenvalue weighted by Gasteiger charge is 2.38. The second kappa shape index (κ2) is 11.7. The number of nitrogens with zero attached hydrogens (tertiary/aromatic N) is 1. The average Bonchev–Trinajstić information content (AvgIpc) is 3.24. The SMILES string of the molecule is CSC[C@H](NC(=O)c1ccc(N)c(Cl)c1)C(=O)N1CCC[C@H]1C(=O)N[C@H](C=O)CC(=O)O. The number of likely N-dealkylation sites (tertiary alicyclic amines) is 1. The molecule has 5 N–H and O–H groups in total. The molecule has 3 amide bonds. The van der Waals surface area contributed by atoms with Crippen LogP contribution in [0.2, 0.25) is 5.02 Å². The largest absolute Gasteiger partial charge is 0.481 e. The van der Waals surface area contributed by atoms with Gasteiger partial charge < -0.3 is 31.2 Å². The van der Waals surface area contributed by atoms with Gasteiger partial charge in [0.2, 0.25) is 11.8 Å². The highest BCUT2D eigenvalue weighted by atomic mass is 35.5. The van der Waals surface area contributed by atoms with Crippen molar-refractivity contribution in [2.45, 2.75) is 37.4 Å². The zero-order chi connectivity index (χ0) is 23.8. The molecule has 1 fully saturated rings. The third-order valence-electron chi connectivity index (χ3n) is 4.92. The monoisotopic (exact) mass is 484 g/mol. The van der Waals surface area contributed by atoms with E-state index in [-0.39, 0.29) is 16.3 Å². The van der Waals surface area contributed by atoms with Crippen molar-refractivity contribution in [3.63, 3.8) is 0 Å². The van der Waals surface area contributed by atoms with Crippen LogP contribution in [0.1, 0.15) is 29.6 Å². The minimum atomic E-state index is -1.23. The Bertz CT molecular complexity index is 899. The molecular weight excluding hydrogens is 460 g/mol. The number of rotatable bonds is 10. The third kappa shape index (κ3) is 6.60. The maximum Gasteiger partial charge on any atom is 0.305 e. The summed E-state index contributed by atoms with van der Waals surface area (Å²) in [6, 6.07) is 1.44. The summed E-state index contributed by atoms with van der Waals surface area (Å²) in [5, 5.41) is 14.1. The molecule has 1 aliphatic heterocycles. The van der Waals surface area contributed by atoms with Gasteiger partial charge in [0, 0.05) is 17.9 Å². The first-order valence-corrected chi connectivity index (χ1v) is 11.6. The summed E-state index contributed by atoms with van der Waals surface area (Å²) in [4.78, 5) is 61.7. The number of halogens is 1. The number of amides is 3. The van der Waals surface area contributed by atoms with Crippen LogP contribution in [0.25, 0.3) is 0 Å². The first-order valence-electron chi connectivity index (χ1n) is 9.80. The van der Waals surface area contributed by atoms with E-state index in [4.69, 9.17) is 22.4 Å². The van der Waals surface area contributed by atoms with Crippen LogP contribution in [0.5, 0.6) is 0 Å². The fourth-order valence-corrected chi connectivity index (χ4v) is 4.09. The number of nitrogens with one attached hydrogen (secondary N) is 2. The van der Waals surface area contributed by atoms with E-state index in [0.717, 1.165) is 0 Å². The van der Waals surface area contributed by atoms with Gasteiger partial charge in [0.25, 0.3) is 5.91 Å². The number of carbonyl (C=O) groups is 5. The van der Waals surface area contributed by atoms with Gasteiger partial charge in [-0.1, -0.05) is 11.6 Å². The molecule has 10 nitrogen and oxygen atoms in total. The van der Waals surface area contributed by atoms with Crippen molar-refractivity contribution in [2.24, 2.45) is 0 Å². The van der Waals surface area contributed by atoms with E-state index in [1.54, 1.807) is 6.26 Å². The summed E-state index contributed by atoms with van der Waals surface area (Å²) < 4.78 is 0. The molecule has 2 rings (SSSR count). The Morgan fingerprint density at radius 2 is 2.06 bits per heavy atom. The van der Waals surface area contributed by atoms with Crippen LogP contribution in [0.4, 0.5) is 5.69 Å². The van der Waals surface area contributed by atoms with Gasteiger partial charge >= 0.3 is 5.97 Å². The molecule has 174 valence electrons. The van der Waals surface area contributed by atoms with Crippen molar-refractivity contribution in [3.05, 3.63) is 28.8 Å². The predicted octanol–water partition coefficient (Wildman–Crippen LogP) is 0.533. The number of carboxylic acid groups (broad SMARTS) is 1. The Morgan fingerprint density at radius 3 is 2.66 bits per heavy atom. The number of hydrogen-bond acceptors (Lipinski definition) is 7. The molecule has 0 aromatic heterocycles. The second-order valence-electron chi connectivity index (χ2n) is 7.26. The van der Waals surface area contributed by atoms with Crippen LogP contribution in [-0.4, -0.2) is 76.7 Å². The average molecular weight is 485 g/mol. The van der Waals surface area contributed by atoms with E-state index in [0.29, 0.717) is 31.4 Å². The molecule has 0 saturated carbocycles. The Kier molecular flexibility index (Phi) is 9.33. The first-order chi connectivity index (χ1) is 15.2. The summed E-state index contributed by atoms with van der Waals surface area (Å²) in [5.41, 5.74) is 6.22. The number of anilines is 1. The van der Waals surface area contributed by atoms with E-state index < -0.39 is 48.2 Å². The lowest BCUT2D eigenvalue weighted by molar-refractivity contribution is -0.141. The van der Waals surface area contributed by atoms with E-state index in [2.05, 4.69) is 10.6 Å². The summed E-state index contributed by atoms with van der Waals surface area (Å²) >= 11 is 7.32. The number of aldehydes is 1. The maximum absolute atomic E-state index is 13.2. The highest BCUT2D eigenvalue weighted by molar-refractivity contribution is 7.98. The molecule has 1 aromatic rings. The molecular formula is C20H25ClN4O6S. The highest BCUT2D eigenvalue weighted by Crippen LogP contribution is 2.21. The molecule has 12 heteroatoms.